The van der Waals surface area contributed by atoms with E-state index in [4.69, 9.17) is 18.9 Å². The monoisotopic (exact) mass is 500 g/mol. The first-order valence-corrected chi connectivity index (χ1v) is 12.8. The first-order chi connectivity index (χ1) is 15.7. The topological polar surface area (TPSA) is 86.3 Å². The summed E-state index contributed by atoms with van der Waals surface area (Å²) in [5.74, 6) is 2.53. The lowest BCUT2D eigenvalue weighted by atomic mass is 9.92. The van der Waals surface area contributed by atoms with Gasteiger partial charge in [0.15, 0.2) is 6.79 Å². The van der Waals surface area contributed by atoms with Gasteiger partial charge >= 0.3 is 6.09 Å². The minimum absolute atomic E-state index is 0.0637. The Labute approximate surface area is 206 Å². The molecule has 2 rings (SSSR count). The summed E-state index contributed by atoms with van der Waals surface area (Å²) in [6.07, 6.45) is 0.280. The number of hydrogen-bond acceptors (Lipinski definition) is 8. The fourth-order valence-corrected chi connectivity index (χ4v) is 4.29. The average Bonchev–Trinajstić information content (AvgIpc) is 2.76. The predicted octanol–water partition coefficient (Wildman–Crippen LogP) is 3.30. The van der Waals surface area contributed by atoms with Gasteiger partial charge in [-0.25, -0.2) is 4.79 Å². The molecule has 0 saturated heterocycles. The molecule has 1 aliphatic heterocycles. The van der Waals surface area contributed by atoms with Crippen molar-refractivity contribution in [3.05, 3.63) is 29.3 Å². The van der Waals surface area contributed by atoms with Crippen LogP contribution in [-0.4, -0.2) is 80.0 Å². The number of carbonyl (C=O) groups excluding carboxylic acids is 2. The highest BCUT2D eigenvalue weighted by atomic mass is 32.2. The van der Waals surface area contributed by atoms with E-state index in [1.807, 2.05) is 39.0 Å². The van der Waals surface area contributed by atoms with E-state index in [2.05, 4.69) is 17.9 Å². The molecule has 1 aromatic carbocycles. The van der Waals surface area contributed by atoms with Crippen molar-refractivity contribution in [1.82, 2.24) is 10.2 Å². The molecule has 1 aliphatic rings. The van der Waals surface area contributed by atoms with E-state index in [1.165, 1.54) is 11.8 Å². The van der Waals surface area contributed by atoms with Crippen molar-refractivity contribution in [1.29, 1.82) is 0 Å². The van der Waals surface area contributed by atoms with Crippen LogP contribution in [0.15, 0.2) is 18.2 Å². The van der Waals surface area contributed by atoms with Crippen molar-refractivity contribution >= 4 is 36.4 Å². The molecule has 0 radical (unpaired) electrons. The Bertz CT molecular complexity index is 772. The summed E-state index contributed by atoms with van der Waals surface area (Å²) in [6, 6.07) is 5.45. The summed E-state index contributed by atoms with van der Waals surface area (Å²) in [5, 5.41) is 2.97. The molecule has 33 heavy (non-hydrogen) atoms. The van der Waals surface area contributed by atoms with Gasteiger partial charge in [0.2, 0.25) is 5.91 Å². The van der Waals surface area contributed by atoms with Gasteiger partial charge in [0.25, 0.3) is 0 Å². The summed E-state index contributed by atoms with van der Waals surface area (Å²) >= 11 is 5.70. The van der Waals surface area contributed by atoms with Crippen LogP contribution < -0.4 is 10.1 Å². The molecule has 0 saturated carbocycles. The van der Waals surface area contributed by atoms with Gasteiger partial charge in [-0.3, -0.25) is 9.69 Å². The molecule has 0 bridgehead atoms. The van der Waals surface area contributed by atoms with Crippen LogP contribution >= 0.6 is 24.4 Å². The van der Waals surface area contributed by atoms with Gasteiger partial charge in [-0.05, 0) is 56.2 Å². The van der Waals surface area contributed by atoms with E-state index >= 15 is 0 Å². The summed E-state index contributed by atoms with van der Waals surface area (Å²) in [4.78, 5) is 26.9. The number of methoxy groups -OCH3 is 1. The van der Waals surface area contributed by atoms with E-state index in [1.54, 1.807) is 12.0 Å². The molecule has 1 heterocycles. The first kappa shape index (κ1) is 27.6. The molecular weight excluding hydrogens is 464 g/mol. The molecule has 1 aromatic rings. The fourth-order valence-electron chi connectivity index (χ4n) is 3.34. The maximum Gasteiger partial charge on any atom is 0.410 e. The zero-order valence-corrected chi connectivity index (χ0v) is 21.6. The number of thiol groups is 1. The Morgan fingerprint density at radius 3 is 2.76 bits per heavy atom. The van der Waals surface area contributed by atoms with E-state index < -0.39 is 5.60 Å². The van der Waals surface area contributed by atoms with Crippen LogP contribution in [0.2, 0.25) is 0 Å². The Hall–Kier alpha value is -1.62. The minimum atomic E-state index is -0.602. The van der Waals surface area contributed by atoms with Crippen LogP contribution in [0.5, 0.6) is 5.75 Å². The smallest absolute Gasteiger partial charge is 0.410 e. The molecule has 1 atom stereocenters. The molecule has 1 N–H and O–H groups in total. The molecule has 0 spiro atoms. The first-order valence-electron chi connectivity index (χ1n) is 11.0. The van der Waals surface area contributed by atoms with Gasteiger partial charge in [-0.1, -0.05) is 6.07 Å². The number of nitrogens with one attached hydrogen (secondary N) is 1. The molecule has 0 fully saturated rings. The average molecular weight is 501 g/mol. The number of amides is 2. The molecule has 186 valence electrons. The number of hydrogen-bond donors (Lipinski definition) is 2. The zero-order valence-electron chi connectivity index (χ0n) is 19.9. The third kappa shape index (κ3) is 9.64. The van der Waals surface area contributed by atoms with Crippen LogP contribution in [0.3, 0.4) is 0 Å². The van der Waals surface area contributed by atoms with E-state index in [9.17, 15) is 9.59 Å². The molecule has 10 heteroatoms. The van der Waals surface area contributed by atoms with Gasteiger partial charge in [0, 0.05) is 26.0 Å². The van der Waals surface area contributed by atoms with E-state index in [0.29, 0.717) is 44.2 Å². The van der Waals surface area contributed by atoms with Gasteiger partial charge in [0.05, 0.1) is 25.0 Å². The molecule has 0 aliphatic carbocycles. The second-order valence-corrected chi connectivity index (χ2v) is 10.1. The highest BCUT2D eigenvalue weighted by molar-refractivity contribution is 8.00. The van der Waals surface area contributed by atoms with Crippen molar-refractivity contribution in [3.8, 4) is 5.75 Å². The third-order valence-electron chi connectivity index (χ3n) is 4.80. The summed E-state index contributed by atoms with van der Waals surface area (Å²) in [6.45, 7) is 7.44. The summed E-state index contributed by atoms with van der Waals surface area (Å²) in [5.41, 5.74) is 1.45. The maximum atomic E-state index is 12.9. The predicted molar refractivity (Wildman–Crippen MR) is 133 cm³/mol. The number of rotatable bonds is 12. The lowest BCUT2D eigenvalue weighted by molar-refractivity contribution is -0.118. The molecule has 1 unspecified atom stereocenters. The number of thioether (sulfide) groups is 1. The summed E-state index contributed by atoms with van der Waals surface area (Å²) < 4.78 is 21.6. The Balaban J connectivity index is 2.11. The van der Waals surface area contributed by atoms with Crippen molar-refractivity contribution in [3.63, 3.8) is 0 Å². The number of fused-ring (bicyclic) bond motifs is 1. The second kappa shape index (κ2) is 13.9. The second-order valence-electron chi connectivity index (χ2n) is 8.54. The van der Waals surface area contributed by atoms with E-state index in [-0.39, 0.29) is 24.8 Å². The largest absolute Gasteiger partial charge is 0.468 e. The van der Waals surface area contributed by atoms with Crippen molar-refractivity contribution in [2.75, 3.05) is 57.5 Å². The van der Waals surface area contributed by atoms with Crippen molar-refractivity contribution < 1.29 is 28.5 Å². The number of carbonyl (C=O) groups is 2. The maximum absolute atomic E-state index is 12.9. The highest BCUT2D eigenvalue weighted by Crippen LogP contribution is 2.33. The van der Waals surface area contributed by atoms with Gasteiger partial charge in [-0.15, -0.1) is 0 Å². The normalized spacial score (nSPS) is 15.7. The Kier molecular flexibility index (Phi) is 11.7. The van der Waals surface area contributed by atoms with Crippen LogP contribution in [0.25, 0.3) is 0 Å². The van der Waals surface area contributed by atoms with Crippen molar-refractivity contribution in [2.45, 2.75) is 38.8 Å². The number of nitrogens with zero attached hydrogens (tertiary/aromatic N) is 1. The third-order valence-corrected chi connectivity index (χ3v) is 6.29. The zero-order chi connectivity index (χ0) is 24.3. The standard InChI is InChI=1S/C23H36N2O6S2/c1-23(2,3)31-22(27)25-8-7-17-13-18(30-16-29-10-9-28-4)5-6-19(17)20(25)14-24-21(26)15-33-12-11-32/h5-6,13,20,32H,7-12,14-16H2,1-4H3,(H,24,26). The van der Waals surface area contributed by atoms with Crippen LogP contribution in [0.1, 0.15) is 37.9 Å². The van der Waals surface area contributed by atoms with Crippen LogP contribution in [0.4, 0.5) is 4.79 Å². The molecular formula is C23H36N2O6S2. The quantitative estimate of drug-likeness (QED) is 0.259. The molecule has 8 nitrogen and oxygen atoms in total. The minimum Gasteiger partial charge on any atom is -0.468 e. The van der Waals surface area contributed by atoms with Gasteiger partial charge < -0.3 is 24.3 Å². The van der Waals surface area contributed by atoms with Crippen molar-refractivity contribution in [2.24, 2.45) is 0 Å². The van der Waals surface area contributed by atoms with E-state index in [0.717, 1.165) is 22.6 Å². The van der Waals surface area contributed by atoms with Crippen LogP contribution in [-0.2, 0) is 25.4 Å². The number of ether oxygens (including phenoxy) is 4. The number of benzene rings is 1. The lowest BCUT2D eigenvalue weighted by Gasteiger charge is -2.38. The van der Waals surface area contributed by atoms with Gasteiger partial charge in [-0.2, -0.15) is 24.4 Å². The van der Waals surface area contributed by atoms with Gasteiger partial charge in [0.1, 0.15) is 11.4 Å². The Morgan fingerprint density at radius 2 is 2.06 bits per heavy atom. The molecule has 2 amide bonds. The van der Waals surface area contributed by atoms with Crippen LogP contribution in [0, 0.1) is 0 Å². The summed E-state index contributed by atoms with van der Waals surface area (Å²) in [7, 11) is 1.62. The Morgan fingerprint density at radius 1 is 1.27 bits per heavy atom. The lowest BCUT2D eigenvalue weighted by Crippen LogP contribution is -2.47. The highest BCUT2D eigenvalue weighted by Gasteiger charge is 2.34. The SMILES string of the molecule is COCCOCOc1ccc2c(c1)CCN(C(=O)OC(C)(C)C)C2CNC(=O)CSCCS. The fraction of sp³-hybridized carbons (Fsp3) is 0.652. The molecule has 0 aromatic heterocycles.